The van der Waals surface area contributed by atoms with E-state index < -0.39 is 0 Å². The first-order chi connectivity index (χ1) is 10.8. The Morgan fingerprint density at radius 2 is 2.32 bits per heavy atom. The molecule has 0 fully saturated rings. The summed E-state index contributed by atoms with van der Waals surface area (Å²) < 4.78 is 1.93. The maximum atomic E-state index is 12.1. The van der Waals surface area contributed by atoms with Crippen molar-refractivity contribution in [1.82, 2.24) is 14.4 Å². The summed E-state index contributed by atoms with van der Waals surface area (Å²) >= 11 is 0. The third-order valence-electron chi connectivity index (χ3n) is 3.89. The monoisotopic (exact) mass is 296 g/mol. The van der Waals surface area contributed by atoms with Gasteiger partial charge in [-0.15, -0.1) is 5.73 Å². The molecule has 0 atom stereocenters. The lowest BCUT2D eigenvalue weighted by Gasteiger charge is -2.08. The SMILES string of the molecule is CCCCCC(=O)Cc1cnc2c3c(ncn12)NC=C=CC3. The van der Waals surface area contributed by atoms with Gasteiger partial charge in [0.15, 0.2) is 0 Å². The standard InChI is InChI=1S/C17H20N4O/c1-2-3-4-7-14(22)10-13-11-19-17-15-8-5-6-9-18-16(15)20-12-21(13)17/h5,9,11-12,18H,2-4,7-8,10H2,1H3. The van der Waals surface area contributed by atoms with E-state index in [2.05, 4.69) is 27.9 Å². The van der Waals surface area contributed by atoms with Crippen LogP contribution in [-0.2, 0) is 17.6 Å². The van der Waals surface area contributed by atoms with Gasteiger partial charge in [-0.05, 0) is 12.5 Å². The van der Waals surface area contributed by atoms with Crippen LogP contribution < -0.4 is 5.32 Å². The number of unbranched alkanes of at least 4 members (excludes halogenated alkanes) is 2. The number of allylic oxidation sites excluding steroid dienone is 1. The lowest BCUT2D eigenvalue weighted by atomic mass is 10.1. The van der Waals surface area contributed by atoms with Gasteiger partial charge in [-0.3, -0.25) is 9.20 Å². The van der Waals surface area contributed by atoms with Crippen molar-refractivity contribution in [2.75, 3.05) is 5.32 Å². The smallest absolute Gasteiger partial charge is 0.145 e. The van der Waals surface area contributed by atoms with Crippen LogP contribution in [0.3, 0.4) is 0 Å². The van der Waals surface area contributed by atoms with E-state index in [1.807, 2.05) is 10.5 Å². The number of imidazole rings is 1. The van der Waals surface area contributed by atoms with E-state index in [1.54, 1.807) is 18.7 Å². The molecule has 0 radical (unpaired) electrons. The number of aromatic nitrogens is 3. The zero-order valence-electron chi connectivity index (χ0n) is 12.8. The highest BCUT2D eigenvalue weighted by atomic mass is 16.1. The molecule has 0 bridgehead atoms. The van der Waals surface area contributed by atoms with Gasteiger partial charge in [0.25, 0.3) is 0 Å². The van der Waals surface area contributed by atoms with Crippen molar-refractivity contribution in [3.8, 4) is 0 Å². The molecule has 0 unspecified atom stereocenters. The van der Waals surface area contributed by atoms with Crippen LogP contribution in [0.1, 0.15) is 43.9 Å². The van der Waals surface area contributed by atoms with Crippen LogP contribution in [-0.4, -0.2) is 20.2 Å². The zero-order valence-corrected chi connectivity index (χ0v) is 12.8. The summed E-state index contributed by atoms with van der Waals surface area (Å²) in [4.78, 5) is 21.0. The quantitative estimate of drug-likeness (QED) is 0.657. The number of anilines is 1. The van der Waals surface area contributed by atoms with E-state index in [0.717, 1.165) is 48.4 Å². The number of ketones is 1. The Morgan fingerprint density at radius 1 is 1.41 bits per heavy atom. The van der Waals surface area contributed by atoms with Crippen molar-refractivity contribution in [3.63, 3.8) is 0 Å². The van der Waals surface area contributed by atoms with E-state index in [0.29, 0.717) is 12.8 Å². The van der Waals surface area contributed by atoms with Crippen LogP contribution in [0.2, 0.25) is 0 Å². The third kappa shape index (κ3) is 2.95. The summed E-state index contributed by atoms with van der Waals surface area (Å²) in [5, 5.41) is 3.10. The minimum atomic E-state index is 0.268. The first-order valence-corrected chi connectivity index (χ1v) is 7.81. The average molecular weight is 296 g/mol. The number of nitrogens with one attached hydrogen (secondary N) is 1. The van der Waals surface area contributed by atoms with E-state index >= 15 is 0 Å². The molecule has 0 aromatic carbocycles. The first kappa shape index (κ1) is 14.5. The Balaban J connectivity index is 1.82. The van der Waals surface area contributed by atoms with E-state index in [4.69, 9.17) is 0 Å². The van der Waals surface area contributed by atoms with Crippen molar-refractivity contribution in [1.29, 1.82) is 0 Å². The molecule has 1 aliphatic heterocycles. The molecule has 5 nitrogen and oxygen atoms in total. The Labute approximate surface area is 129 Å². The van der Waals surface area contributed by atoms with Gasteiger partial charge < -0.3 is 5.32 Å². The summed E-state index contributed by atoms with van der Waals surface area (Å²) in [5.74, 6) is 1.07. The second kappa shape index (κ2) is 6.58. The first-order valence-electron chi connectivity index (χ1n) is 7.81. The van der Waals surface area contributed by atoms with Crippen molar-refractivity contribution < 1.29 is 4.79 Å². The Bertz CT molecular complexity index is 753. The lowest BCUT2D eigenvalue weighted by molar-refractivity contribution is -0.118. The molecule has 1 N–H and O–H groups in total. The number of rotatable bonds is 6. The second-order valence-corrected chi connectivity index (χ2v) is 5.55. The average Bonchev–Trinajstić information content (AvgIpc) is 2.77. The van der Waals surface area contributed by atoms with E-state index in [-0.39, 0.29) is 5.78 Å². The molecule has 2 aromatic rings. The number of carbonyl (C=O) groups is 1. The van der Waals surface area contributed by atoms with Gasteiger partial charge in [0, 0.05) is 37.2 Å². The Hall–Kier alpha value is -2.39. The summed E-state index contributed by atoms with van der Waals surface area (Å²) in [5.41, 5.74) is 5.84. The molecule has 0 saturated carbocycles. The topological polar surface area (TPSA) is 59.3 Å². The molecule has 3 heterocycles. The van der Waals surface area contributed by atoms with Gasteiger partial charge in [0.05, 0.1) is 5.69 Å². The minimum absolute atomic E-state index is 0.268. The summed E-state index contributed by atoms with van der Waals surface area (Å²) in [6.07, 6.45) is 12.2. The molecule has 0 spiro atoms. The van der Waals surface area contributed by atoms with Gasteiger partial charge in [-0.2, -0.15) is 0 Å². The number of nitrogens with zero attached hydrogens (tertiary/aromatic N) is 3. The van der Waals surface area contributed by atoms with Crippen LogP contribution in [0.4, 0.5) is 5.82 Å². The van der Waals surface area contributed by atoms with Crippen LogP contribution >= 0.6 is 0 Å². The van der Waals surface area contributed by atoms with Crippen molar-refractivity contribution >= 4 is 17.2 Å². The number of hydrogen-bond acceptors (Lipinski definition) is 4. The molecule has 3 rings (SSSR count). The van der Waals surface area contributed by atoms with Gasteiger partial charge in [0.2, 0.25) is 0 Å². The number of carbonyl (C=O) groups excluding carboxylic acids is 1. The lowest BCUT2D eigenvalue weighted by Crippen LogP contribution is -2.07. The predicted molar refractivity (Wildman–Crippen MR) is 85.8 cm³/mol. The van der Waals surface area contributed by atoms with Crippen LogP contribution in [0.15, 0.2) is 30.5 Å². The van der Waals surface area contributed by atoms with Crippen molar-refractivity contribution in [2.45, 2.75) is 45.4 Å². The van der Waals surface area contributed by atoms with Gasteiger partial charge in [-0.1, -0.05) is 19.8 Å². The van der Waals surface area contributed by atoms with Gasteiger partial charge >= 0.3 is 0 Å². The van der Waals surface area contributed by atoms with Crippen molar-refractivity contribution in [3.05, 3.63) is 41.8 Å². The number of fused-ring (bicyclic) bond motifs is 3. The maximum Gasteiger partial charge on any atom is 0.145 e. The normalized spacial score (nSPS) is 13.0. The Kier molecular flexibility index (Phi) is 4.35. The van der Waals surface area contributed by atoms with Crippen LogP contribution in [0, 0.1) is 0 Å². The molecule has 0 amide bonds. The van der Waals surface area contributed by atoms with Crippen molar-refractivity contribution in [2.24, 2.45) is 0 Å². The third-order valence-corrected chi connectivity index (χ3v) is 3.89. The number of hydrogen-bond donors (Lipinski definition) is 1. The number of Topliss-reactive ketones (excluding diaryl/α,β-unsaturated/α-hetero) is 1. The van der Waals surface area contributed by atoms with Crippen LogP contribution in [0.5, 0.6) is 0 Å². The molecule has 22 heavy (non-hydrogen) atoms. The van der Waals surface area contributed by atoms with Crippen LogP contribution in [0.25, 0.3) is 5.65 Å². The largest absolute Gasteiger partial charge is 0.339 e. The Morgan fingerprint density at radius 3 is 3.18 bits per heavy atom. The second-order valence-electron chi connectivity index (χ2n) is 5.55. The summed E-state index contributed by atoms with van der Waals surface area (Å²) in [6, 6.07) is 0. The molecule has 114 valence electrons. The molecule has 0 saturated heterocycles. The van der Waals surface area contributed by atoms with Gasteiger partial charge in [-0.25, -0.2) is 9.97 Å². The van der Waals surface area contributed by atoms with E-state index in [1.165, 1.54) is 0 Å². The fourth-order valence-corrected chi connectivity index (χ4v) is 2.68. The summed E-state index contributed by atoms with van der Waals surface area (Å²) in [7, 11) is 0. The minimum Gasteiger partial charge on any atom is -0.339 e. The predicted octanol–water partition coefficient (Wildman–Crippen LogP) is 3.06. The molecular formula is C17H20N4O. The fraction of sp³-hybridized carbons (Fsp3) is 0.412. The molecule has 0 aliphatic carbocycles. The molecular weight excluding hydrogens is 276 g/mol. The molecule has 2 aromatic heterocycles. The zero-order chi connectivity index (χ0) is 15.4. The van der Waals surface area contributed by atoms with Gasteiger partial charge in [0.1, 0.15) is 23.6 Å². The highest BCUT2D eigenvalue weighted by Gasteiger charge is 2.14. The highest BCUT2D eigenvalue weighted by molar-refractivity contribution is 5.80. The fourth-order valence-electron chi connectivity index (χ4n) is 2.68. The summed E-state index contributed by atoms with van der Waals surface area (Å²) in [6.45, 7) is 2.14. The molecule has 5 heteroatoms. The van der Waals surface area contributed by atoms with E-state index in [9.17, 15) is 4.79 Å². The maximum absolute atomic E-state index is 12.1. The highest BCUT2D eigenvalue weighted by Crippen LogP contribution is 2.21. The molecule has 1 aliphatic rings.